The molecule has 7 N–H and O–H groups in total. The zero-order valence-electron chi connectivity index (χ0n) is 45.1. The monoisotopic (exact) mass is 1250 g/mol. The average molecular weight is 1250 g/mol. The zero-order chi connectivity index (χ0) is 59.3. The van der Waals surface area contributed by atoms with E-state index in [1.165, 1.54) is 99.3 Å². The molecule has 9 aromatic rings. The second-order valence-electron chi connectivity index (χ2n) is 19.2. The zero-order valence-corrected chi connectivity index (χ0v) is 50.0. The van der Waals surface area contributed by atoms with E-state index in [1.54, 1.807) is 70.9 Å². The maximum absolute atomic E-state index is 14.4. The van der Waals surface area contributed by atoms with Gasteiger partial charge in [-0.3, -0.25) is 38.1 Å². The number of carboxylic acids is 1. The number of aliphatic carboxylic acids is 1. The number of aromatic nitrogens is 9. The number of carbonyl (C=O) groups is 7. The molecule has 84 heavy (non-hydrogen) atoms. The van der Waals surface area contributed by atoms with Gasteiger partial charge in [0.15, 0.2) is 5.78 Å². The molecule has 9 heterocycles. The van der Waals surface area contributed by atoms with Crippen LogP contribution in [-0.2, 0) is 25.7 Å². The van der Waals surface area contributed by atoms with Crippen molar-refractivity contribution in [3.63, 3.8) is 0 Å². The van der Waals surface area contributed by atoms with E-state index < -0.39 is 72.7 Å². The van der Waals surface area contributed by atoms with Gasteiger partial charge in [-0.15, -0.1) is 68.0 Å². The number of carboxylic acid groups (broad SMARTS) is 1. The minimum Gasteiger partial charge on any atom is -0.480 e. The molecule has 1 aliphatic heterocycles. The molecule has 0 unspecified atom stereocenters. The number of aliphatic hydroxyl groups excluding tert-OH is 1. The molecule has 0 saturated carbocycles. The van der Waals surface area contributed by atoms with Crippen LogP contribution in [0.15, 0.2) is 76.5 Å². The molecule has 30 heteroatoms. The van der Waals surface area contributed by atoms with Gasteiger partial charge in [-0.2, -0.15) is 0 Å². The van der Waals surface area contributed by atoms with E-state index in [1.807, 2.05) is 13.8 Å². The quantitative estimate of drug-likeness (QED) is 0.0636. The highest BCUT2D eigenvalue weighted by atomic mass is 32.1. The van der Waals surface area contributed by atoms with Crippen molar-refractivity contribution in [3.8, 4) is 49.2 Å². The van der Waals surface area contributed by atoms with Crippen LogP contribution in [0.4, 0.5) is 0 Å². The van der Waals surface area contributed by atoms with Crippen molar-refractivity contribution in [2.75, 3.05) is 27.2 Å². The van der Waals surface area contributed by atoms with Crippen LogP contribution < -0.4 is 26.6 Å². The SMILES string of the molecule is CNC(=O)C[C@@H]1NC(=O)c2csc(n2)-c2ccc(-c3nc(-n4cnc(C(=O)NCC(=O)O)c4)cs3)nc2-c2csc(n2)-c2csc(n2)[C@H]([C@@H](O)c2ccccc2)NC(=O)CNC(=O)c2nc(sc2COC)[C@H](C(C)C)CC(=O)c2nc1sc2C. The molecule has 432 valence electrons. The van der Waals surface area contributed by atoms with Crippen molar-refractivity contribution in [1.29, 1.82) is 0 Å². The van der Waals surface area contributed by atoms with Gasteiger partial charge in [0.2, 0.25) is 11.8 Å². The van der Waals surface area contributed by atoms with Crippen molar-refractivity contribution in [3.05, 3.63) is 130 Å². The lowest BCUT2D eigenvalue weighted by Gasteiger charge is -2.23. The van der Waals surface area contributed by atoms with Gasteiger partial charge in [0, 0.05) is 64.7 Å². The molecule has 0 fully saturated rings. The number of fused-ring (bicyclic) bond motifs is 14. The number of Topliss-reactive ketones (excluding diaryl/α,β-unsaturated/α-hetero) is 1. The Morgan fingerprint density at radius 2 is 1.50 bits per heavy atom. The average Bonchev–Trinajstić information content (AvgIpc) is 4.56. The smallest absolute Gasteiger partial charge is 0.322 e. The van der Waals surface area contributed by atoms with Crippen LogP contribution in [-0.4, -0.2) is 123 Å². The highest BCUT2D eigenvalue weighted by Crippen LogP contribution is 2.41. The number of rotatable bonds is 12. The molecule has 0 radical (unpaired) electrons. The first-order chi connectivity index (χ1) is 40.4. The number of aliphatic hydroxyl groups is 1. The number of benzene rings is 1. The fourth-order valence-electron chi connectivity index (χ4n) is 8.76. The van der Waals surface area contributed by atoms with Crippen LogP contribution in [0.5, 0.6) is 0 Å². The highest BCUT2D eigenvalue weighted by molar-refractivity contribution is 7.15. The topological polar surface area (TPSA) is 337 Å². The number of thiazole rings is 6. The molecular weight excluding hydrogens is 1200 g/mol. The maximum atomic E-state index is 14.4. The molecule has 0 aliphatic carbocycles. The fraction of sp³-hybridized carbons (Fsp3) is 0.278. The van der Waals surface area contributed by atoms with E-state index in [4.69, 9.17) is 44.7 Å². The van der Waals surface area contributed by atoms with Crippen LogP contribution in [0, 0.1) is 12.8 Å². The number of hydrogen-bond acceptors (Lipinski definition) is 23. The summed E-state index contributed by atoms with van der Waals surface area (Å²) in [7, 11) is 2.96. The predicted molar refractivity (Wildman–Crippen MR) is 315 cm³/mol. The van der Waals surface area contributed by atoms with E-state index in [0.29, 0.717) is 79.5 Å². The summed E-state index contributed by atoms with van der Waals surface area (Å²) in [5.41, 5.74) is 2.81. The number of aryl methyl sites for hydroxylation is 1. The van der Waals surface area contributed by atoms with E-state index in [-0.39, 0.29) is 53.9 Å². The van der Waals surface area contributed by atoms with Crippen LogP contribution in [0.3, 0.4) is 0 Å². The van der Waals surface area contributed by atoms with Crippen molar-refractivity contribution >= 4 is 109 Å². The Morgan fingerprint density at radius 3 is 2.26 bits per heavy atom. The van der Waals surface area contributed by atoms with Crippen molar-refractivity contribution < 1.29 is 48.5 Å². The van der Waals surface area contributed by atoms with Gasteiger partial charge in [-0.25, -0.2) is 39.9 Å². The largest absolute Gasteiger partial charge is 0.480 e. The minimum absolute atomic E-state index is 0.0173. The number of nitrogens with one attached hydrogen (secondary N) is 5. The third-order valence-electron chi connectivity index (χ3n) is 13.1. The van der Waals surface area contributed by atoms with Gasteiger partial charge in [0.1, 0.15) is 95.7 Å². The van der Waals surface area contributed by atoms with Gasteiger partial charge in [0.25, 0.3) is 17.7 Å². The molecule has 10 rings (SSSR count). The molecule has 1 aliphatic rings. The Balaban J connectivity index is 1.05. The molecule has 4 atom stereocenters. The fourth-order valence-corrected chi connectivity index (χ4v) is 14.4. The standard InChI is InChI=1S/C54H50N14O10S6/c1-24(2)28-13-35(69)41-25(3)83-53(66-41)30(14-38(70)55-4)60-47(76)33-20-79-49(62-33)27-11-12-29(51-64-37(22-82-51)68-17-31(58-23-68)46(75)57-16-40(72)73)59-42(27)32-19-80-52(61-32)34-21-81-54(63-34)44(45(74)26-9-7-6-8-10-26)65-39(71)15-56-48(77)43-36(18-78-5)84-50(28)67-43/h6-12,17,19-24,28,30,44-45,74H,13-16,18H2,1-5H3,(H,55,70)(H,56,77)(H,57,75)(H,60,76)(H,65,71)(H,72,73)/t28-,30-,44-,45-/m0/s1. The van der Waals surface area contributed by atoms with E-state index in [0.717, 1.165) is 0 Å². The summed E-state index contributed by atoms with van der Waals surface area (Å²) < 4.78 is 6.98. The number of hydrogen-bond donors (Lipinski definition) is 7. The molecule has 5 amide bonds. The van der Waals surface area contributed by atoms with Gasteiger partial charge >= 0.3 is 5.97 Å². The predicted octanol–water partition coefficient (Wildman–Crippen LogP) is 7.20. The first-order valence-electron chi connectivity index (χ1n) is 25.6. The maximum Gasteiger partial charge on any atom is 0.322 e. The lowest BCUT2D eigenvalue weighted by molar-refractivity contribution is -0.135. The summed E-state index contributed by atoms with van der Waals surface area (Å²) in [6.07, 6.45) is 1.27. The van der Waals surface area contributed by atoms with E-state index >= 15 is 0 Å². The Bertz CT molecular complexity index is 3950. The number of carbonyl (C=O) groups excluding carboxylic acids is 6. The van der Waals surface area contributed by atoms with Gasteiger partial charge < -0.3 is 41.5 Å². The third kappa shape index (κ3) is 13.1. The van der Waals surface area contributed by atoms with Crippen LogP contribution in [0.25, 0.3) is 49.2 Å². The van der Waals surface area contributed by atoms with Crippen LogP contribution in [0.1, 0.15) is 123 Å². The number of pyridine rings is 1. The van der Waals surface area contributed by atoms with Gasteiger partial charge in [-0.05, 0) is 30.5 Å². The highest BCUT2D eigenvalue weighted by Gasteiger charge is 2.33. The Hall–Kier alpha value is -8.23. The molecular formula is C54H50N14O10S6. The number of ether oxygens (including phenoxy) is 1. The second-order valence-corrected chi connectivity index (χ2v) is 25.0. The van der Waals surface area contributed by atoms with Crippen LogP contribution >= 0.6 is 68.0 Å². The first-order valence-corrected chi connectivity index (χ1v) is 30.8. The summed E-state index contributed by atoms with van der Waals surface area (Å²) in [5.74, 6) is -4.70. The minimum atomic E-state index is -1.28. The van der Waals surface area contributed by atoms with Crippen LogP contribution in [0.2, 0.25) is 0 Å². The second kappa shape index (κ2) is 25.7. The third-order valence-corrected chi connectivity index (χ3v) is 18.8. The summed E-state index contributed by atoms with van der Waals surface area (Å²) in [6, 6.07) is 10.2. The molecule has 8 aromatic heterocycles. The van der Waals surface area contributed by atoms with Gasteiger partial charge in [-0.1, -0.05) is 44.2 Å². The molecule has 0 spiro atoms. The Morgan fingerprint density at radius 1 is 0.774 bits per heavy atom. The number of methoxy groups -OCH3 is 1. The normalized spacial score (nSPS) is 16.3. The Kier molecular flexibility index (Phi) is 18.1. The number of imidazole rings is 1. The first kappa shape index (κ1) is 58.9. The summed E-state index contributed by atoms with van der Waals surface area (Å²) in [6.45, 7) is 4.56. The van der Waals surface area contributed by atoms with Gasteiger partial charge in [0.05, 0.1) is 41.2 Å². The summed E-state index contributed by atoms with van der Waals surface area (Å²) >= 11 is 7.27. The Labute approximate surface area is 502 Å². The van der Waals surface area contributed by atoms with Crippen molar-refractivity contribution in [2.45, 2.75) is 64.3 Å². The number of amides is 5. The summed E-state index contributed by atoms with van der Waals surface area (Å²) in [4.78, 5) is 132. The lowest BCUT2D eigenvalue weighted by atomic mass is 9.90. The molecule has 10 bridgehead atoms. The molecule has 24 nitrogen and oxygen atoms in total. The lowest BCUT2D eigenvalue weighted by Crippen LogP contribution is -2.40. The molecule has 0 saturated heterocycles. The van der Waals surface area contributed by atoms with Crippen molar-refractivity contribution in [1.82, 2.24) is 71.0 Å². The number of nitrogens with zero attached hydrogens (tertiary/aromatic N) is 9. The van der Waals surface area contributed by atoms with E-state index in [9.17, 15) is 38.7 Å². The van der Waals surface area contributed by atoms with Crippen molar-refractivity contribution in [2.24, 2.45) is 5.92 Å². The summed E-state index contributed by atoms with van der Waals surface area (Å²) in [5, 5.41) is 43.7. The number of ketones is 1. The van der Waals surface area contributed by atoms with E-state index in [2.05, 4.69) is 31.6 Å². The molecule has 1 aromatic carbocycles.